The van der Waals surface area contributed by atoms with Gasteiger partial charge in [-0.25, -0.2) is 9.97 Å². The molecule has 2 aromatic heterocycles. The molecule has 3 rings (SSSR count). The number of hydrogen-bond acceptors (Lipinski definition) is 5. The van der Waals surface area contributed by atoms with E-state index in [0.717, 1.165) is 5.82 Å². The monoisotopic (exact) mass is 344 g/mol. The Morgan fingerprint density at radius 1 is 1.12 bits per heavy atom. The second-order valence-corrected chi connectivity index (χ2v) is 6.58. The Bertz CT molecular complexity index is 788. The lowest BCUT2D eigenvalue weighted by molar-refractivity contribution is -0.134. The molecule has 0 radical (unpaired) electrons. The van der Waals surface area contributed by atoms with Crippen LogP contribution < -0.4 is 10.5 Å². The number of hydrogen-bond donors (Lipinski definition) is 1. The van der Waals surface area contributed by atoms with Crippen molar-refractivity contribution in [3.05, 3.63) is 41.0 Å². The lowest BCUT2D eigenvalue weighted by Gasteiger charge is -2.36. The van der Waals surface area contributed by atoms with Crippen molar-refractivity contribution in [2.75, 3.05) is 31.1 Å². The topological polar surface area (TPSA) is 87.1 Å². The predicted molar refractivity (Wildman–Crippen MR) is 94.7 cm³/mol. The fourth-order valence-electron chi connectivity index (χ4n) is 3.19. The molecule has 134 valence electrons. The molecule has 0 aromatic carbocycles. The summed E-state index contributed by atoms with van der Waals surface area (Å²) in [7, 11) is 0. The predicted octanol–water partition coefficient (Wildman–Crippen LogP) is 1.000. The van der Waals surface area contributed by atoms with E-state index >= 15 is 0 Å². The van der Waals surface area contributed by atoms with Gasteiger partial charge in [0.25, 0.3) is 5.56 Å². The van der Waals surface area contributed by atoms with E-state index in [1.54, 1.807) is 12.4 Å². The molecule has 1 aliphatic heterocycles. The molecule has 2 aromatic rings. The fraction of sp³-hybridized carbons (Fsp3) is 0.529. The zero-order valence-corrected chi connectivity index (χ0v) is 14.8. The third-order valence-electron chi connectivity index (χ3n) is 4.57. The van der Waals surface area contributed by atoms with E-state index in [0.29, 0.717) is 32.0 Å². The molecule has 3 heterocycles. The first-order chi connectivity index (χ1) is 12.0. The van der Waals surface area contributed by atoms with E-state index < -0.39 is 0 Å². The van der Waals surface area contributed by atoms with Crippen LogP contribution in [-0.4, -0.2) is 56.5 Å². The maximum Gasteiger partial charge on any atom is 0.290 e. The minimum atomic E-state index is -0.287. The summed E-state index contributed by atoms with van der Waals surface area (Å²) in [5.74, 6) is 1.67. The standard InChI is InChI=1S/C17H24N6O2/c1-12(2)14-19-6-7-23(14)13(3)17(25)22-10-8-21(9-11-22)15-16(24)20-5-4-18-15/h4-7,12-13H,8-11H2,1-3H3,(H,20,24). The van der Waals surface area contributed by atoms with E-state index in [4.69, 9.17) is 0 Å². The van der Waals surface area contributed by atoms with Crippen LogP contribution in [0.2, 0.25) is 0 Å². The zero-order valence-electron chi connectivity index (χ0n) is 14.8. The van der Waals surface area contributed by atoms with Gasteiger partial charge in [-0.1, -0.05) is 13.8 Å². The zero-order chi connectivity index (χ0) is 18.0. The summed E-state index contributed by atoms with van der Waals surface area (Å²) in [6, 6.07) is -0.287. The minimum Gasteiger partial charge on any atom is -0.348 e. The molecular weight excluding hydrogens is 320 g/mol. The van der Waals surface area contributed by atoms with Crippen molar-refractivity contribution in [2.24, 2.45) is 0 Å². The van der Waals surface area contributed by atoms with Crippen molar-refractivity contribution in [2.45, 2.75) is 32.7 Å². The van der Waals surface area contributed by atoms with Crippen LogP contribution in [0.1, 0.15) is 38.6 Å². The Morgan fingerprint density at radius 3 is 2.48 bits per heavy atom. The van der Waals surface area contributed by atoms with Crippen molar-refractivity contribution in [3.8, 4) is 0 Å². The number of carbonyl (C=O) groups excluding carboxylic acids is 1. The number of nitrogens with one attached hydrogen (secondary N) is 1. The first-order valence-corrected chi connectivity index (χ1v) is 8.59. The molecule has 8 heteroatoms. The lowest BCUT2D eigenvalue weighted by Crippen LogP contribution is -2.51. The number of nitrogens with zero attached hydrogens (tertiary/aromatic N) is 5. The first-order valence-electron chi connectivity index (χ1n) is 8.59. The minimum absolute atomic E-state index is 0.0782. The molecule has 0 spiro atoms. The highest BCUT2D eigenvalue weighted by molar-refractivity contribution is 5.80. The number of rotatable bonds is 4. The quantitative estimate of drug-likeness (QED) is 0.894. The second kappa shape index (κ2) is 7.08. The molecule has 1 aliphatic rings. The molecule has 1 atom stereocenters. The van der Waals surface area contributed by atoms with Crippen LogP contribution in [0, 0.1) is 0 Å². The molecule has 25 heavy (non-hydrogen) atoms. The van der Waals surface area contributed by atoms with Gasteiger partial charge in [-0.05, 0) is 6.92 Å². The van der Waals surface area contributed by atoms with Crippen LogP contribution in [0.15, 0.2) is 29.6 Å². The Labute approximate surface area is 146 Å². The van der Waals surface area contributed by atoms with Crippen LogP contribution in [0.25, 0.3) is 0 Å². The summed E-state index contributed by atoms with van der Waals surface area (Å²) >= 11 is 0. The van der Waals surface area contributed by atoms with Crippen molar-refractivity contribution >= 4 is 11.7 Å². The smallest absolute Gasteiger partial charge is 0.290 e. The van der Waals surface area contributed by atoms with Gasteiger partial charge in [-0.2, -0.15) is 0 Å². The number of H-pyrrole nitrogens is 1. The van der Waals surface area contributed by atoms with Crippen LogP contribution in [0.3, 0.4) is 0 Å². The van der Waals surface area contributed by atoms with E-state index in [1.807, 2.05) is 27.5 Å². The highest BCUT2D eigenvalue weighted by Crippen LogP contribution is 2.20. The summed E-state index contributed by atoms with van der Waals surface area (Å²) in [5, 5.41) is 0. The Balaban J connectivity index is 1.66. The maximum absolute atomic E-state index is 12.9. The lowest BCUT2D eigenvalue weighted by atomic mass is 10.2. The molecule has 1 amide bonds. The van der Waals surface area contributed by atoms with Crippen LogP contribution >= 0.6 is 0 Å². The van der Waals surface area contributed by atoms with Gasteiger partial charge in [0.1, 0.15) is 11.9 Å². The van der Waals surface area contributed by atoms with Gasteiger partial charge < -0.3 is 19.4 Å². The maximum atomic E-state index is 12.9. The number of anilines is 1. The summed E-state index contributed by atoms with van der Waals surface area (Å²) in [4.78, 5) is 39.6. The summed E-state index contributed by atoms with van der Waals surface area (Å²) in [6.45, 7) is 8.39. The van der Waals surface area contributed by atoms with Crippen molar-refractivity contribution in [3.63, 3.8) is 0 Å². The van der Waals surface area contributed by atoms with Gasteiger partial charge in [-0.15, -0.1) is 0 Å². The largest absolute Gasteiger partial charge is 0.348 e. The molecule has 1 saturated heterocycles. The summed E-state index contributed by atoms with van der Waals surface area (Å²) in [5.41, 5.74) is -0.198. The number of aromatic nitrogens is 4. The van der Waals surface area contributed by atoms with Gasteiger partial charge in [0.2, 0.25) is 5.91 Å². The third kappa shape index (κ3) is 3.42. The molecule has 1 fully saturated rings. The number of amides is 1. The van der Waals surface area contributed by atoms with Gasteiger partial charge in [-0.3, -0.25) is 9.59 Å². The molecule has 0 aliphatic carbocycles. The van der Waals surface area contributed by atoms with Crippen molar-refractivity contribution in [1.29, 1.82) is 0 Å². The van der Waals surface area contributed by atoms with Crippen LogP contribution in [0.4, 0.5) is 5.82 Å². The second-order valence-electron chi connectivity index (χ2n) is 6.58. The van der Waals surface area contributed by atoms with Gasteiger partial charge in [0, 0.05) is 56.9 Å². The van der Waals surface area contributed by atoms with Gasteiger partial charge >= 0.3 is 0 Å². The third-order valence-corrected chi connectivity index (χ3v) is 4.57. The van der Waals surface area contributed by atoms with E-state index in [2.05, 4.69) is 28.8 Å². The molecule has 1 N–H and O–H groups in total. The highest BCUT2D eigenvalue weighted by atomic mass is 16.2. The first kappa shape index (κ1) is 17.2. The SMILES string of the molecule is CC(C)c1nccn1C(C)C(=O)N1CCN(c2ncc[nH]c2=O)CC1. The number of carbonyl (C=O) groups is 1. The summed E-state index contributed by atoms with van der Waals surface area (Å²) < 4.78 is 1.95. The molecule has 1 unspecified atom stereocenters. The number of aromatic amines is 1. The Kier molecular flexibility index (Phi) is 4.87. The summed E-state index contributed by atoms with van der Waals surface area (Å²) in [6.07, 6.45) is 6.69. The Morgan fingerprint density at radius 2 is 1.84 bits per heavy atom. The van der Waals surface area contributed by atoms with Crippen LogP contribution in [-0.2, 0) is 4.79 Å². The van der Waals surface area contributed by atoms with Gasteiger partial charge in [0.05, 0.1) is 0 Å². The Hall–Kier alpha value is -2.64. The average molecular weight is 344 g/mol. The average Bonchev–Trinajstić information content (AvgIpc) is 3.11. The number of imidazole rings is 1. The highest BCUT2D eigenvalue weighted by Gasteiger charge is 2.28. The van der Waals surface area contributed by atoms with E-state index in [-0.39, 0.29) is 23.4 Å². The van der Waals surface area contributed by atoms with E-state index in [9.17, 15) is 9.59 Å². The number of piperazine rings is 1. The van der Waals surface area contributed by atoms with Crippen molar-refractivity contribution < 1.29 is 4.79 Å². The molecular formula is C17H24N6O2. The normalized spacial score (nSPS) is 16.3. The molecule has 0 saturated carbocycles. The van der Waals surface area contributed by atoms with E-state index in [1.165, 1.54) is 6.20 Å². The van der Waals surface area contributed by atoms with Crippen LogP contribution in [0.5, 0.6) is 0 Å². The van der Waals surface area contributed by atoms with Gasteiger partial charge in [0.15, 0.2) is 5.82 Å². The fourth-order valence-corrected chi connectivity index (χ4v) is 3.19. The molecule has 8 nitrogen and oxygen atoms in total. The molecule has 0 bridgehead atoms. The van der Waals surface area contributed by atoms with Crippen molar-refractivity contribution in [1.82, 2.24) is 24.4 Å².